The van der Waals surface area contributed by atoms with E-state index >= 15 is 0 Å². The Morgan fingerprint density at radius 3 is 2.85 bits per heavy atom. The number of aliphatic hydroxyl groups is 1. The van der Waals surface area contributed by atoms with Gasteiger partial charge in [-0.25, -0.2) is 8.42 Å². The van der Waals surface area contributed by atoms with Crippen LogP contribution in [0.2, 0.25) is 0 Å². The Balaban J connectivity index is 2.31. The Hall–Kier alpha value is -2.30. The molecule has 2 aromatic rings. The summed E-state index contributed by atoms with van der Waals surface area (Å²) >= 11 is 0. The molecule has 0 spiro atoms. The number of aryl methyl sites for hydroxylation is 1. The number of hydrogen-bond donors (Lipinski definition) is 3. The Morgan fingerprint density at radius 2 is 2.25 bits per heavy atom. The van der Waals surface area contributed by atoms with E-state index in [0.29, 0.717) is 11.3 Å². The number of rotatable bonds is 3. The van der Waals surface area contributed by atoms with Gasteiger partial charge in [0.05, 0.1) is 16.8 Å². The van der Waals surface area contributed by atoms with Crippen molar-refractivity contribution in [3.63, 3.8) is 0 Å². The third kappa shape index (κ3) is 3.17. The number of aromatic amines is 1. The van der Waals surface area contributed by atoms with Crippen molar-refractivity contribution in [3.05, 3.63) is 41.7 Å². The van der Waals surface area contributed by atoms with Gasteiger partial charge in [0.2, 0.25) is 0 Å². The summed E-state index contributed by atoms with van der Waals surface area (Å²) in [6.07, 6.45) is 2.83. The van der Waals surface area contributed by atoms with Crippen LogP contribution in [0.5, 0.6) is 0 Å². The minimum absolute atomic E-state index is 0.144. The van der Waals surface area contributed by atoms with Crippen molar-refractivity contribution in [1.82, 2.24) is 10.2 Å². The van der Waals surface area contributed by atoms with Gasteiger partial charge in [-0.15, -0.1) is 0 Å². The first-order chi connectivity index (χ1) is 9.53. The van der Waals surface area contributed by atoms with Crippen molar-refractivity contribution in [3.8, 4) is 11.8 Å². The van der Waals surface area contributed by atoms with E-state index < -0.39 is 10.0 Å². The molecule has 20 heavy (non-hydrogen) atoms. The molecule has 2 rings (SSSR count). The van der Waals surface area contributed by atoms with Crippen LogP contribution in [-0.4, -0.2) is 30.3 Å². The van der Waals surface area contributed by atoms with Crippen LogP contribution in [0, 0.1) is 18.8 Å². The van der Waals surface area contributed by atoms with Crippen molar-refractivity contribution in [2.75, 3.05) is 11.3 Å². The van der Waals surface area contributed by atoms with E-state index in [0.717, 1.165) is 5.56 Å². The normalized spacial score (nSPS) is 10.7. The van der Waals surface area contributed by atoms with Crippen molar-refractivity contribution < 1.29 is 13.5 Å². The molecule has 0 fully saturated rings. The van der Waals surface area contributed by atoms with E-state index in [4.69, 9.17) is 5.11 Å². The molecule has 0 aliphatic rings. The summed E-state index contributed by atoms with van der Waals surface area (Å²) in [6, 6.07) is 4.61. The second kappa shape index (κ2) is 5.77. The maximum atomic E-state index is 12.1. The number of anilines is 1. The molecule has 0 atom stereocenters. The summed E-state index contributed by atoms with van der Waals surface area (Å²) in [6.45, 7) is 1.53. The van der Waals surface area contributed by atoms with Gasteiger partial charge in [0.15, 0.2) is 0 Å². The fourth-order valence-corrected chi connectivity index (χ4v) is 2.72. The predicted octanol–water partition coefficient (Wildman–Crippen LogP) is 0.863. The fourth-order valence-electron chi connectivity index (χ4n) is 1.60. The monoisotopic (exact) mass is 291 g/mol. The first kappa shape index (κ1) is 14.1. The molecular formula is C13H13N3O3S. The number of nitrogens with one attached hydrogen (secondary N) is 2. The van der Waals surface area contributed by atoms with E-state index in [-0.39, 0.29) is 11.5 Å². The van der Waals surface area contributed by atoms with Crippen molar-refractivity contribution >= 4 is 15.7 Å². The Kier molecular flexibility index (Phi) is 4.08. The highest BCUT2D eigenvalue weighted by atomic mass is 32.2. The van der Waals surface area contributed by atoms with Gasteiger partial charge < -0.3 is 5.11 Å². The average molecular weight is 291 g/mol. The highest BCUT2D eigenvalue weighted by Crippen LogP contribution is 2.18. The first-order valence-electron chi connectivity index (χ1n) is 5.75. The average Bonchev–Trinajstić information content (AvgIpc) is 2.89. The zero-order valence-electron chi connectivity index (χ0n) is 10.7. The molecule has 1 aromatic carbocycles. The van der Waals surface area contributed by atoms with Crippen molar-refractivity contribution in [2.24, 2.45) is 0 Å². The van der Waals surface area contributed by atoms with Crippen LogP contribution in [0.15, 0.2) is 35.5 Å². The van der Waals surface area contributed by atoms with E-state index in [1.165, 1.54) is 24.5 Å². The van der Waals surface area contributed by atoms with Gasteiger partial charge in [0, 0.05) is 11.8 Å². The molecule has 0 aliphatic heterocycles. The Morgan fingerprint density at radius 1 is 1.45 bits per heavy atom. The topological polar surface area (TPSA) is 95.1 Å². The van der Waals surface area contributed by atoms with Gasteiger partial charge in [-0.2, -0.15) is 5.10 Å². The molecule has 6 nitrogen and oxygen atoms in total. The van der Waals surface area contributed by atoms with Crippen molar-refractivity contribution in [1.29, 1.82) is 0 Å². The number of hydrogen-bond acceptors (Lipinski definition) is 4. The van der Waals surface area contributed by atoms with E-state index in [2.05, 4.69) is 26.8 Å². The number of H-pyrrole nitrogens is 1. The summed E-state index contributed by atoms with van der Waals surface area (Å²) in [5.74, 6) is 5.28. The number of aromatic nitrogens is 2. The minimum atomic E-state index is -3.65. The van der Waals surface area contributed by atoms with Gasteiger partial charge in [-0.3, -0.25) is 9.82 Å². The maximum absolute atomic E-state index is 12.1. The van der Waals surface area contributed by atoms with E-state index in [9.17, 15) is 8.42 Å². The molecule has 7 heteroatoms. The summed E-state index contributed by atoms with van der Waals surface area (Å²) < 4.78 is 26.7. The molecule has 0 unspecified atom stereocenters. The SMILES string of the molecule is Cc1cc(S(=O)(=O)Nc2cn[nH]c2)ccc1C#CCO. The number of benzene rings is 1. The summed E-state index contributed by atoms with van der Waals surface area (Å²) in [4.78, 5) is 0.144. The molecular weight excluding hydrogens is 278 g/mol. The lowest BCUT2D eigenvalue weighted by atomic mass is 10.1. The van der Waals surface area contributed by atoms with E-state index in [1.807, 2.05) is 0 Å². The summed E-state index contributed by atoms with van der Waals surface area (Å²) in [5, 5.41) is 14.9. The Labute approximate surface area is 116 Å². The summed E-state index contributed by atoms with van der Waals surface area (Å²) in [7, 11) is -3.65. The first-order valence-corrected chi connectivity index (χ1v) is 7.23. The number of nitrogens with zero attached hydrogens (tertiary/aromatic N) is 1. The molecule has 0 bridgehead atoms. The second-order valence-electron chi connectivity index (χ2n) is 4.03. The molecule has 0 aliphatic carbocycles. The number of aliphatic hydroxyl groups excluding tert-OH is 1. The fraction of sp³-hybridized carbons (Fsp3) is 0.154. The smallest absolute Gasteiger partial charge is 0.262 e. The van der Waals surface area contributed by atoms with Gasteiger partial charge in [0.25, 0.3) is 10.0 Å². The quantitative estimate of drug-likeness (QED) is 0.731. The van der Waals surface area contributed by atoms with Gasteiger partial charge in [0.1, 0.15) is 6.61 Å². The standard InChI is InChI=1S/C13H13N3O3S/c1-10-7-13(5-4-11(10)3-2-6-17)20(18,19)16-12-8-14-15-9-12/h4-5,7-9,16-17H,6H2,1H3,(H,14,15). The van der Waals surface area contributed by atoms with Gasteiger partial charge in [-0.1, -0.05) is 11.8 Å². The van der Waals surface area contributed by atoms with Crippen LogP contribution in [-0.2, 0) is 10.0 Å². The van der Waals surface area contributed by atoms with Gasteiger partial charge in [-0.05, 0) is 30.7 Å². The summed E-state index contributed by atoms with van der Waals surface area (Å²) in [5.41, 5.74) is 1.77. The maximum Gasteiger partial charge on any atom is 0.262 e. The molecule has 0 radical (unpaired) electrons. The second-order valence-corrected chi connectivity index (χ2v) is 5.71. The van der Waals surface area contributed by atoms with Crippen LogP contribution < -0.4 is 4.72 Å². The molecule has 0 amide bonds. The largest absolute Gasteiger partial charge is 0.384 e. The van der Waals surface area contributed by atoms with Crippen LogP contribution in [0.1, 0.15) is 11.1 Å². The Bertz CT molecular complexity index is 756. The molecule has 3 N–H and O–H groups in total. The van der Waals surface area contributed by atoms with Gasteiger partial charge >= 0.3 is 0 Å². The lowest BCUT2D eigenvalue weighted by Crippen LogP contribution is -2.12. The molecule has 1 aromatic heterocycles. The van der Waals surface area contributed by atoms with E-state index in [1.54, 1.807) is 13.0 Å². The highest BCUT2D eigenvalue weighted by Gasteiger charge is 2.15. The zero-order chi connectivity index (χ0) is 14.6. The molecule has 0 saturated heterocycles. The third-order valence-electron chi connectivity index (χ3n) is 2.56. The predicted molar refractivity (Wildman–Crippen MR) is 74.5 cm³/mol. The lowest BCUT2D eigenvalue weighted by molar-refractivity contribution is 0.350. The molecule has 104 valence electrons. The van der Waals surface area contributed by atoms with Crippen LogP contribution >= 0.6 is 0 Å². The van der Waals surface area contributed by atoms with Crippen LogP contribution in [0.25, 0.3) is 0 Å². The van der Waals surface area contributed by atoms with Crippen LogP contribution in [0.3, 0.4) is 0 Å². The number of sulfonamides is 1. The van der Waals surface area contributed by atoms with Crippen LogP contribution in [0.4, 0.5) is 5.69 Å². The molecule has 1 heterocycles. The highest BCUT2D eigenvalue weighted by molar-refractivity contribution is 7.92. The third-order valence-corrected chi connectivity index (χ3v) is 3.94. The minimum Gasteiger partial charge on any atom is -0.384 e. The zero-order valence-corrected chi connectivity index (χ0v) is 11.5. The van der Waals surface area contributed by atoms with Crippen molar-refractivity contribution in [2.45, 2.75) is 11.8 Å². The molecule has 0 saturated carbocycles. The lowest BCUT2D eigenvalue weighted by Gasteiger charge is -2.07.